The third-order valence-electron chi connectivity index (χ3n) is 3.57. The number of pyridine rings is 1. The van der Waals surface area contributed by atoms with E-state index in [1.807, 2.05) is 30.3 Å². The first-order chi connectivity index (χ1) is 12.6. The van der Waals surface area contributed by atoms with Crippen molar-refractivity contribution in [1.29, 1.82) is 0 Å². The highest BCUT2D eigenvalue weighted by Gasteiger charge is 2.16. The van der Waals surface area contributed by atoms with Crippen molar-refractivity contribution in [2.45, 2.75) is 26.7 Å². The molecule has 2 rings (SSSR count). The van der Waals surface area contributed by atoms with E-state index >= 15 is 0 Å². The largest absolute Gasteiger partial charge is 0.315 e. The van der Waals surface area contributed by atoms with E-state index in [0.717, 1.165) is 18.5 Å². The van der Waals surface area contributed by atoms with Crippen molar-refractivity contribution in [1.82, 2.24) is 0 Å². The number of hydrogen-bond donors (Lipinski definition) is 3. The molecule has 1 aromatic heterocycles. The lowest BCUT2D eigenvalue weighted by Crippen LogP contribution is -2.43. The summed E-state index contributed by atoms with van der Waals surface area (Å²) in [5.74, 6) is 5.34. The zero-order valence-corrected chi connectivity index (χ0v) is 15.1. The summed E-state index contributed by atoms with van der Waals surface area (Å²) >= 11 is 0. The van der Waals surface area contributed by atoms with Crippen molar-refractivity contribution in [3.8, 4) is 0 Å². The second-order valence-electron chi connectivity index (χ2n) is 5.75. The van der Waals surface area contributed by atoms with E-state index in [2.05, 4.69) is 27.8 Å². The molecule has 0 aliphatic rings. The number of benzene rings is 1. The SMILES string of the molecule is CCCCN=C(C)C(=NNc1ccccc1)C(=O)Nc1ccc[n+](N)c1. The van der Waals surface area contributed by atoms with Crippen molar-refractivity contribution >= 4 is 28.7 Å². The van der Waals surface area contributed by atoms with Gasteiger partial charge in [-0.15, -0.1) is 0 Å². The van der Waals surface area contributed by atoms with Crippen LogP contribution in [-0.4, -0.2) is 23.9 Å². The van der Waals surface area contributed by atoms with Gasteiger partial charge in [0, 0.05) is 12.6 Å². The van der Waals surface area contributed by atoms with Crippen molar-refractivity contribution in [2.75, 3.05) is 23.1 Å². The number of nitrogens with two attached hydrogens (primary N) is 1. The van der Waals surface area contributed by atoms with Crippen LogP contribution in [0.4, 0.5) is 11.4 Å². The number of aromatic nitrogens is 1. The van der Waals surface area contributed by atoms with Crippen molar-refractivity contribution in [3.63, 3.8) is 0 Å². The van der Waals surface area contributed by atoms with Gasteiger partial charge < -0.3 is 5.32 Å². The van der Waals surface area contributed by atoms with Crippen LogP contribution in [-0.2, 0) is 4.79 Å². The minimum atomic E-state index is -0.350. The van der Waals surface area contributed by atoms with Crippen LogP contribution >= 0.6 is 0 Å². The van der Waals surface area contributed by atoms with Gasteiger partial charge in [0.15, 0.2) is 11.9 Å². The molecule has 7 heteroatoms. The van der Waals surface area contributed by atoms with Crippen molar-refractivity contribution < 1.29 is 9.47 Å². The molecule has 0 atom stereocenters. The lowest BCUT2D eigenvalue weighted by atomic mass is 10.2. The number of hydrogen-bond acceptors (Lipinski definition) is 5. The van der Waals surface area contributed by atoms with Gasteiger partial charge in [0.25, 0.3) is 5.91 Å². The average molecular weight is 353 g/mol. The highest BCUT2D eigenvalue weighted by Crippen LogP contribution is 2.06. The van der Waals surface area contributed by atoms with Crippen LogP contribution in [0.5, 0.6) is 0 Å². The number of carbonyl (C=O) groups excluding carboxylic acids is 1. The monoisotopic (exact) mass is 353 g/mol. The van der Waals surface area contributed by atoms with Crippen molar-refractivity contribution in [2.24, 2.45) is 10.1 Å². The normalized spacial score (nSPS) is 11.9. The number of rotatable bonds is 8. The Kier molecular flexibility index (Phi) is 7.30. The number of nitrogen functional groups attached to an aromatic ring is 1. The minimum absolute atomic E-state index is 0.234. The number of unbranched alkanes of at least 4 members (excludes halogenated alkanes) is 1. The zero-order valence-electron chi connectivity index (χ0n) is 15.1. The maximum atomic E-state index is 12.7. The Balaban J connectivity index is 2.20. The standard InChI is InChI=1S/C19H24N6O/c1-3-4-12-21-15(2)18(24-23-16-9-6-5-7-10-16)19(26)22-17-11-8-13-25(20)14-17/h5-11,13-14H,3-4,12,20H2,1-2H3,(H-,21,22,23,26)/p+1. The molecule has 1 amide bonds. The minimum Gasteiger partial charge on any atom is -0.315 e. The van der Waals surface area contributed by atoms with Gasteiger partial charge >= 0.3 is 0 Å². The van der Waals surface area contributed by atoms with Gasteiger partial charge in [-0.3, -0.25) is 15.2 Å². The lowest BCUT2D eigenvalue weighted by molar-refractivity contribution is -0.638. The molecule has 0 saturated heterocycles. The predicted octanol–water partition coefficient (Wildman–Crippen LogP) is 2.36. The molecule has 0 spiro atoms. The Hall–Kier alpha value is -3.22. The third kappa shape index (κ3) is 6.01. The van der Waals surface area contributed by atoms with E-state index < -0.39 is 0 Å². The fourth-order valence-corrected chi connectivity index (χ4v) is 2.17. The van der Waals surface area contributed by atoms with E-state index in [1.54, 1.807) is 31.5 Å². The van der Waals surface area contributed by atoms with E-state index in [1.165, 1.54) is 4.68 Å². The maximum absolute atomic E-state index is 12.7. The molecule has 0 radical (unpaired) electrons. The van der Waals surface area contributed by atoms with Crippen LogP contribution in [0.3, 0.4) is 0 Å². The smallest absolute Gasteiger partial charge is 0.278 e. The first-order valence-electron chi connectivity index (χ1n) is 8.58. The number of nitrogens with one attached hydrogen (secondary N) is 2. The number of amides is 1. The Morgan fingerprint density at radius 2 is 1.88 bits per heavy atom. The predicted molar refractivity (Wildman–Crippen MR) is 106 cm³/mol. The second kappa shape index (κ2) is 9.93. The Morgan fingerprint density at radius 1 is 1.15 bits per heavy atom. The van der Waals surface area contributed by atoms with Gasteiger partial charge in [0.05, 0.1) is 11.4 Å². The molecule has 0 unspecified atom stereocenters. The van der Waals surface area contributed by atoms with Gasteiger partial charge in [-0.1, -0.05) is 36.2 Å². The molecule has 1 heterocycles. The van der Waals surface area contributed by atoms with E-state index in [4.69, 9.17) is 5.84 Å². The molecular formula is C19H25N6O+. The molecule has 0 bridgehead atoms. The molecule has 1 aromatic carbocycles. The molecule has 4 N–H and O–H groups in total. The molecule has 0 aliphatic carbocycles. The number of aliphatic imine (C=N–C) groups is 1. The van der Waals surface area contributed by atoms with Crippen LogP contribution in [0.2, 0.25) is 0 Å². The molecule has 2 aromatic rings. The summed E-state index contributed by atoms with van der Waals surface area (Å²) in [6.07, 6.45) is 5.30. The van der Waals surface area contributed by atoms with E-state index in [9.17, 15) is 4.79 Å². The lowest BCUT2D eigenvalue weighted by Gasteiger charge is -2.08. The summed E-state index contributed by atoms with van der Waals surface area (Å²) in [5.41, 5.74) is 5.09. The first-order valence-corrected chi connectivity index (χ1v) is 8.58. The third-order valence-corrected chi connectivity index (χ3v) is 3.57. The van der Waals surface area contributed by atoms with Gasteiger partial charge in [-0.25, -0.2) is 5.84 Å². The molecule has 0 saturated carbocycles. The van der Waals surface area contributed by atoms with E-state index in [0.29, 0.717) is 17.9 Å². The van der Waals surface area contributed by atoms with Gasteiger partial charge in [-0.2, -0.15) is 5.10 Å². The Bertz CT molecular complexity index is 786. The summed E-state index contributed by atoms with van der Waals surface area (Å²) in [4.78, 5) is 17.2. The summed E-state index contributed by atoms with van der Waals surface area (Å²) in [7, 11) is 0. The summed E-state index contributed by atoms with van der Waals surface area (Å²) in [5, 5.41) is 7.08. The highest BCUT2D eigenvalue weighted by atomic mass is 16.2. The number of nitrogens with zero attached hydrogens (tertiary/aromatic N) is 3. The van der Waals surface area contributed by atoms with E-state index in [-0.39, 0.29) is 11.6 Å². The molecule has 26 heavy (non-hydrogen) atoms. The molecule has 0 fully saturated rings. The quantitative estimate of drug-likeness (QED) is 0.223. The highest BCUT2D eigenvalue weighted by molar-refractivity contribution is 6.68. The fourth-order valence-electron chi connectivity index (χ4n) is 2.17. The van der Waals surface area contributed by atoms with Crippen LogP contribution in [0.1, 0.15) is 26.7 Å². The molecular weight excluding hydrogens is 328 g/mol. The Morgan fingerprint density at radius 3 is 2.58 bits per heavy atom. The van der Waals surface area contributed by atoms with Crippen LogP contribution in [0.25, 0.3) is 0 Å². The molecule has 136 valence electrons. The van der Waals surface area contributed by atoms with Crippen molar-refractivity contribution in [3.05, 3.63) is 54.9 Å². The second-order valence-corrected chi connectivity index (χ2v) is 5.75. The first kappa shape index (κ1) is 19.1. The Labute approximate surface area is 153 Å². The zero-order chi connectivity index (χ0) is 18.8. The van der Waals surface area contributed by atoms with Gasteiger partial charge in [0.1, 0.15) is 5.69 Å². The number of hydrazone groups is 1. The molecule has 7 nitrogen and oxygen atoms in total. The van der Waals surface area contributed by atoms with Gasteiger partial charge in [0.2, 0.25) is 6.20 Å². The number of anilines is 2. The van der Waals surface area contributed by atoms with Gasteiger partial charge in [-0.05, 0) is 31.5 Å². The number of carbonyl (C=O) groups is 1. The van der Waals surface area contributed by atoms with Crippen LogP contribution in [0, 0.1) is 0 Å². The fraction of sp³-hybridized carbons (Fsp3) is 0.263. The summed E-state index contributed by atoms with van der Waals surface area (Å²) < 4.78 is 1.37. The van der Waals surface area contributed by atoms with Crippen LogP contribution in [0.15, 0.2) is 65.0 Å². The summed E-state index contributed by atoms with van der Waals surface area (Å²) in [6, 6.07) is 12.9. The number of para-hydroxylation sites is 1. The topological polar surface area (TPSA) is 95.7 Å². The summed E-state index contributed by atoms with van der Waals surface area (Å²) in [6.45, 7) is 4.55. The molecule has 0 aliphatic heterocycles. The maximum Gasteiger partial charge on any atom is 0.278 e. The van der Waals surface area contributed by atoms with Crippen LogP contribution < -0.4 is 21.3 Å². The average Bonchev–Trinajstić information content (AvgIpc) is 2.63.